The molecule has 0 atom stereocenters. The van der Waals surface area contributed by atoms with E-state index in [2.05, 4.69) is 5.32 Å². The number of rotatable bonds is 3. The van der Waals surface area contributed by atoms with Gasteiger partial charge in [0.15, 0.2) is 0 Å². The van der Waals surface area contributed by atoms with Crippen LogP contribution in [0.1, 0.15) is 24.0 Å². The maximum atomic E-state index is 11.7. The minimum atomic E-state index is 0.0995. The van der Waals surface area contributed by atoms with Gasteiger partial charge in [-0.2, -0.15) is 0 Å². The molecule has 1 fully saturated rings. The highest BCUT2D eigenvalue weighted by Gasteiger charge is 2.26. The van der Waals surface area contributed by atoms with Crippen LogP contribution in [-0.2, 0) is 11.2 Å². The second-order valence-corrected chi connectivity index (χ2v) is 4.66. The highest BCUT2D eigenvalue weighted by Crippen LogP contribution is 2.17. The van der Waals surface area contributed by atoms with Gasteiger partial charge < -0.3 is 11.1 Å². The van der Waals surface area contributed by atoms with Gasteiger partial charge in [-0.15, -0.1) is 0 Å². The van der Waals surface area contributed by atoms with E-state index in [0.717, 1.165) is 18.4 Å². The summed E-state index contributed by atoms with van der Waals surface area (Å²) in [7, 11) is 0. The molecule has 0 radical (unpaired) electrons. The van der Waals surface area contributed by atoms with Crippen molar-refractivity contribution in [3.63, 3.8) is 0 Å². The first-order chi connectivity index (χ1) is 7.63. The van der Waals surface area contributed by atoms with Crippen LogP contribution < -0.4 is 11.1 Å². The Hall–Kier alpha value is -1.35. The zero-order chi connectivity index (χ0) is 11.5. The third-order valence-corrected chi connectivity index (χ3v) is 2.99. The Morgan fingerprint density at radius 1 is 1.50 bits per heavy atom. The number of hydrogen-bond donors (Lipinski definition) is 2. The van der Waals surface area contributed by atoms with Crippen LogP contribution in [0.3, 0.4) is 0 Å². The molecule has 3 heteroatoms. The molecule has 2 rings (SSSR count). The van der Waals surface area contributed by atoms with Crippen LogP contribution in [0.25, 0.3) is 0 Å². The fourth-order valence-corrected chi connectivity index (χ4v) is 2.07. The van der Waals surface area contributed by atoms with Crippen molar-refractivity contribution >= 4 is 5.91 Å². The van der Waals surface area contributed by atoms with Gasteiger partial charge in [-0.3, -0.25) is 4.79 Å². The first-order valence-corrected chi connectivity index (χ1v) is 5.74. The fourth-order valence-electron chi connectivity index (χ4n) is 2.07. The minimum Gasteiger partial charge on any atom is -0.353 e. The van der Waals surface area contributed by atoms with E-state index < -0.39 is 0 Å². The number of nitrogens with two attached hydrogens (primary N) is 1. The van der Waals surface area contributed by atoms with Gasteiger partial charge in [-0.05, 0) is 25.3 Å². The smallest absolute Gasteiger partial charge is 0.224 e. The van der Waals surface area contributed by atoms with Gasteiger partial charge in [0.05, 0.1) is 6.42 Å². The third kappa shape index (κ3) is 2.83. The van der Waals surface area contributed by atoms with Crippen LogP contribution in [0, 0.1) is 6.92 Å². The van der Waals surface area contributed by atoms with E-state index in [9.17, 15) is 4.79 Å². The van der Waals surface area contributed by atoms with Crippen molar-refractivity contribution in [1.82, 2.24) is 5.32 Å². The molecule has 1 aliphatic rings. The number of nitrogens with one attached hydrogen (secondary N) is 1. The molecule has 0 unspecified atom stereocenters. The predicted molar refractivity (Wildman–Crippen MR) is 64.0 cm³/mol. The lowest BCUT2D eigenvalue weighted by Crippen LogP contribution is -2.50. The lowest BCUT2D eigenvalue weighted by molar-refractivity contribution is -0.121. The largest absolute Gasteiger partial charge is 0.353 e. The van der Waals surface area contributed by atoms with Gasteiger partial charge in [0.1, 0.15) is 0 Å². The molecule has 16 heavy (non-hydrogen) atoms. The van der Waals surface area contributed by atoms with E-state index >= 15 is 0 Å². The summed E-state index contributed by atoms with van der Waals surface area (Å²) in [6.07, 6.45) is 2.30. The molecule has 0 heterocycles. The summed E-state index contributed by atoms with van der Waals surface area (Å²) in [5, 5.41) is 3.00. The molecule has 0 spiro atoms. The molecule has 1 saturated carbocycles. The molecule has 0 aliphatic heterocycles. The van der Waals surface area contributed by atoms with E-state index in [0.29, 0.717) is 12.5 Å². The van der Waals surface area contributed by atoms with E-state index in [1.807, 2.05) is 31.2 Å². The summed E-state index contributed by atoms with van der Waals surface area (Å²) in [6.45, 7) is 2.03. The van der Waals surface area contributed by atoms with E-state index in [-0.39, 0.29) is 11.9 Å². The lowest BCUT2D eigenvalue weighted by Gasteiger charge is -2.32. The van der Waals surface area contributed by atoms with Gasteiger partial charge in [0, 0.05) is 12.1 Å². The lowest BCUT2D eigenvalue weighted by atomic mass is 9.87. The average Bonchev–Trinajstić information content (AvgIpc) is 2.15. The number of aryl methyl sites for hydroxylation is 1. The van der Waals surface area contributed by atoms with Crippen molar-refractivity contribution in [3.8, 4) is 0 Å². The SMILES string of the molecule is Cc1cccc(CC(=O)NC2CC(N)C2)c1. The van der Waals surface area contributed by atoms with Crippen LogP contribution in [-0.4, -0.2) is 18.0 Å². The molecule has 0 aromatic heterocycles. The van der Waals surface area contributed by atoms with Crippen molar-refractivity contribution in [2.45, 2.75) is 38.3 Å². The summed E-state index contributed by atoms with van der Waals surface area (Å²) >= 11 is 0. The Bertz CT molecular complexity index is 383. The van der Waals surface area contributed by atoms with Crippen molar-refractivity contribution in [2.24, 2.45) is 5.73 Å². The maximum Gasteiger partial charge on any atom is 0.224 e. The number of amides is 1. The Morgan fingerprint density at radius 3 is 2.88 bits per heavy atom. The Morgan fingerprint density at radius 2 is 2.25 bits per heavy atom. The van der Waals surface area contributed by atoms with E-state index in [1.54, 1.807) is 0 Å². The molecule has 0 bridgehead atoms. The normalized spacial score (nSPS) is 23.6. The Labute approximate surface area is 96.0 Å². The van der Waals surface area contributed by atoms with Crippen LogP contribution in [0.4, 0.5) is 0 Å². The van der Waals surface area contributed by atoms with Crippen molar-refractivity contribution < 1.29 is 4.79 Å². The third-order valence-electron chi connectivity index (χ3n) is 2.99. The molecule has 1 aliphatic carbocycles. The van der Waals surface area contributed by atoms with Crippen LogP contribution in [0.2, 0.25) is 0 Å². The summed E-state index contributed by atoms with van der Waals surface area (Å²) in [6, 6.07) is 8.63. The quantitative estimate of drug-likeness (QED) is 0.799. The molecule has 3 nitrogen and oxygen atoms in total. The maximum absolute atomic E-state index is 11.7. The van der Waals surface area contributed by atoms with Gasteiger partial charge in [-0.1, -0.05) is 29.8 Å². The second kappa shape index (κ2) is 4.66. The number of hydrogen-bond acceptors (Lipinski definition) is 2. The van der Waals surface area contributed by atoms with Gasteiger partial charge in [0.25, 0.3) is 0 Å². The second-order valence-electron chi connectivity index (χ2n) is 4.66. The molecular weight excluding hydrogens is 200 g/mol. The number of carbonyl (C=O) groups excluding carboxylic acids is 1. The van der Waals surface area contributed by atoms with E-state index in [1.165, 1.54) is 5.56 Å². The summed E-state index contributed by atoms with van der Waals surface area (Å²) < 4.78 is 0. The highest BCUT2D eigenvalue weighted by atomic mass is 16.1. The minimum absolute atomic E-state index is 0.0995. The molecule has 3 N–H and O–H groups in total. The summed E-state index contributed by atoms with van der Waals surface area (Å²) in [4.78, 5) is 11.7. The van der Waals surface area contributed by atoms with Gasteiger partial charge >= 0.3 is 0 Å². The fraction of sp³-hybridized carbons (Fsp3) is 0.462. The predicted octanol–water partition coefficient (Wildman–Crippen LogP) is 1.14. The molecule has 86 valence electrons. The zero-order valence-corrected chi connectivity index (χ0v) is 9.57. The van der Waals surface area contributed by atoms with Gasteiger partial charge in [-0.25, -0.2) is 0 Å². The topological polar surface area (TPSA) is 55.1 Å². The van der Waals surface area contributed by atoms with Crippen LogP contribution in [0.5, 0.6) is 0 Å². The van der Waals surface area contributed by atoms with Crippen molar-refractivity contribution in [1.29, 1.82) is 0 Å². The van der Waals surface area contributed by atoms with Crippen molar-refractivity contribution in [2.75, 3.05) is 0 Å². The number of carbonyl (C=O) groups is 1. The molecule has 0 saturated heterocycles. The van der Waals surface area contributed by atoms with Crippen LogP contribution >= 0.6 is 0 Å². The standard InChI is InChI=1S/C13H18N2O/c1-9-3-2-4-10(5-9)6-13(16)15-12-7-11(14)8-12/h2-5,11-12H,6-8,14H2,1H3,(H,15,16). The molecule has 1 amide bonds. The Balaban J connectivity index is 1.83. The van der Waals surface area contributed by atoms with E-state index in [4.69, 9.17) is 5.73 Å². The first-order valence-electron chi connectivity index (χ1n) is 5.74. The first kappa shape index (κ1) is 11.1. The monoisotopic (exact) mass is 218 g/mol. The number of benzene rings is 1. The summed E-state index contributed by atoms with van der Waals surface area (Å²) in [5.74, 6) is 0.0995. The molecule has 1 aromatic carbocycles. The van der Waals surface area contributed by atoms with Crippen molar-refractivity contribution in [3.05, 3.63) is 35.4 Å². The highest BCUT2D eigenvalue weighted by molar-refractivity contribution is 5.79. The zero-order valence-electron chi connectivity index (χ0n) is 9.57. The molecular formula is C13H18N2O. The molecule has 1 aromatic rings. The van der Waals surface area contributed by atoms with Gasteiger partial charge in [0.2, 0.25) is 5.91 Å². The van der Waals surface area contributed by atoms with Crippen LogP contribution in [0.15, 0.2) is 24.3 Å². The average molecular weight is 218 g/mol. The Kier molecular flexibility index (Phi) is 3.25. The summed E-state index contributed by atoms with van der Waals surface area (Å²) in [5.41, 5.74) is 7.93.